The maximum Gasteiger partial charge on any atom is 0.258 e. The normalized spacial score (nSPS) is 12.3. The zero-order valence-corrected chi connectivity index (χ0v) is 13.3. The summed E-state index contributed by atoms with van der Waals surface area (Å²) < 4.78 is 39.3. The first kappa shape index (κ1) is 14.4. The fourth-order valence-electron chi connectivity index (χ4n) is 1.51. The number of oxime groups is 1. The van der Waals surface area contributed by atoms with Gasteiger partial charge in [-0.2, -0.15) is 9.13 Å². The molecule has 0 fully saturated rings. The van der Waals surface area contributed by atoms with Gasteiger partial charge in [-0.15, -0.1) is 0 Å². The number of aromatic nitrogens is 2. The van der Waals surface area contributed by atoms with Crippen LogP contribution < -0.4 is 39.7 Å². The van der Waals surface area contributed by atoms with E-state index in [0.29, 0.717) is 5.69 Å². The zero-order valence-electron chi connectivity index (χ0n) is 15.7. The van der Waals surface area contributed by atoms with Crippen molar-refractivity contribution in [3.05, 3.63) is 60.1 Å². The maximum atomic E-state index is 11.3. The topological polar surface area (TPSA) is 92.7 Å². The number of primary amides is 1. The van der Waals surface area contributed by atoms with E-state index in [9.17, 15) is 4.79 Å². The van der Waals surface area contributed by atoms with Gasteiger partial charge in [0.1, 0.15) is 8.96 Å². The van der Waals surface area contributed by atoms with Gasteiger partial charge in [-0.1, -0.05) is 5.16 Å². The Bertz CT molecular complexity index is 826. The largest absolute Gasteiger partial charge is 1.00 e. The molecule has 0 spiro atoms. The van der Waals surface area contributed by atoms with Crippen LogP contribution in [-0.2, 0) is 18.2 Å². The summed E-state index contributed by atoms with van der Waals surface area (Å²) in [6.45, 7) is -0.279. The first-order valence-electron chi connectivity index (χ1n) is 7.92. The van der Waals surface area contributed by atoms with Gasteiger partial charge in [0.25, 0.3) is 13.5 Å². The molecule has 0 aliphatic heterocycles. The molecule has 0 unspecified atom stereocenters. The molecule has 1 amide bonds. The third-order valence-electron chi connectivity index (χ3n) is 2.49. The van der Waals surface area contributed by atoms with Crippen LogP contribution in [0.25, 0.3) is 0 Å². The molecule has 9 heteroatoms. The Kier molecular flexibility index (Phi) is 6.56. The molecule has 0 aliphatic rings. The van der Waals surface area contributed by atoms with E-state index in [1.807, 2.05) is 0 Å². The van der Waals surface area contributed by atoms with Gasteiger partial charge < -0.3 is 35.8 Å². The van der Waals surface area contributed by atoms with Crippen LogP contribution in [0.1, 0.15) is 21.5 Å². The summed E-state index contributed by atoms with van der Waals surface area (Å²) >= 11 is 0. The van der Waals surface area contributed by atoms with Gasteiger partial charge in [0.15, 0.2) is 18.5 Å². The molecule has 2 rings (SSSR count). The van der Waals surface area contributed by atoms with Crippen molar-refractivity contribution in [3.63, 3.8) is 0 Å². The third kappa shape index (κ3) is 6.19. The lowest BCUT2D eigenvalue weighted by Gasteiger charge is -2.00. The van der Waals surface area contributed by atoms with E-state index in [-0.39, 0.29) is 38.3 Å². The summed E-state index contributed by atoms with van der Waals surface area (Å²) in [5.74, 6) is -1.03. The highest BCUT2D eigenvalue weighted by molar-refractivity contribution is 5.92. The van der Waals surface area contributed by atoms with Crippen molar-refractivity contribution in [2.24, 2.45) is 10.9 Å². The Hall–Kier alpha value is -2.22. The molecule has 3 N–H and O–H groups in total. The van der Waals surface area contributed by atoms with Gasteiger partial charge in [-0.25, -0.2) is 0 Å². The molecule has 0 radical (unpaired) electrons. The second-order valence-electron chi connectivity index (χ2n) is 3.94. The number of hydrogen-bond acceptors (Lipinski definition) is 4. The van der Waals surface area contributed by atoms with Gasteiger partial charge in [0.2, 0.25) is 11.6 Å². The summed E-state index contributed by atoms with van der Waals surface area (Å²) in [6, 6.07) is 4.11. The Morgan fingerprint density at radius 3 is 2.65 bits per heavy atom. The number of rotatable bonds is 6. The molecule has 0 saturated carbocycles. The molecular weight excluding hydrogens is 343 g/mol. The van der Waals surface area contributed by atoms with Crippen LogP contribution in [0.4, 0.5) is 0 Å². The molecule has 2 aromatic rings. The highest BCUT2D eigenvalue weighted by atomic mass is 35.5. The summed E-state index contributed by atoms with van der Waals surface area (Å²) in [5.41, 5.74) is 5.19. The molecule has 0 aliphatic carbocycles. The van der Waals surface area contributed by atoms with Gasteiger partial charge in [-0.05, 0) is 6.07 Å². The van der Waals surface area contributed by atoms with E-state index in [2.05, 4.69) is 5.16 Å². The van der Waals surface area contributed by atoms with Gasteiger partial charge in [0.05, 0.1) is 8.30 Å². The number of carbonyl (C=O) groups excluding carboxylic acids is 1. The zero-order chi connectivity index (χ0) is 18.6. The number of halogens is 2. The number of nitrogens with zero attached hydrogens (tertiary/aromatic N) is 3. The van der Waals surface area contributed by atoms with Crippen LogP contribution in [0, 0.1) is 0 Å². The lowest BCUT2D eigenvalue weighted by molar-refractivity contribution is -0.788. The highest BCUT2D eigenvalue weighted by Crippen LogP contribution is 1.93. The summed E-state index contributed by atoms with van der Waals surface area (Å²) in [5, 5.41) is 11.6. The van der Waals surface area contributed by atoms with Crippen molar-refractivity contribution < 1.29 is 54.2 Å². The number of ether oxygens (including phenoxy) is 1. The standard InChI is InChI=1S/C14H14N4O3.2ClH/c15-14(19)12-4-7-17(8-5-12)10-21-11-18-6-2-1-3-13(18)9-16-20;;/h1-9H,10-11H2,(H-,15,19);2*1H/i4D,5D,7D,8D;;. The molecular formula is C14H16Cl2N4O3. The first-order valence-corrected chi connectivity index (χ1v) is 5.92. The van der Waals surface area contributed by atoms with Gasteiger partial charge >= 0.3 is 0 Å². The van der Waals surface area contributed by atoms with Crippen molar-refractivity contribution in [1.82, 2.24) is 0 Å². The summed E-state index contributed by atoms with van der Waals surface area (Å²) in [7, 11) is 0. The van der Waals surface area contributed by atoms with E-state index in [0.717, 1.165) is 4.57 Å². The Morgan fingerprint density at radius 2 is 2.04 bits per heavy atom. The molecule has 124 valence electrons. The van der Waals surface area contributed by atoms with Crippen molar-refractivity contribution in [2.45, 2.75) is 13.5 Å². The third-order valence-corrected chi connectivity index (χ3v) is 2.49. The molecule has 2 heterocycles. The van der Waals surface area contributed by atoms with Crippen LogP contribution in [0.5, 0.6) is 0 Å². The summed E-state index contributed by atoms with van der Waals surface area (Å²) in [4.78, 5) is 11.3. The fourth-order valence-corrected chi connectivity index (χ4v) is 1.51. The van der Waals surface area contributed by atoms with Crippen molar-refractivity contribution in [1.29, 1.82) is 0 Å². The number of hydrogen-bond donors (Lipinski definition) is 2. The van der Waals surface area contributed by atoms with Crippen LogP contribution in [0.2, 0.25) is 0 Å². The summed E-state index contributed by atoms with van der Waals surface area (Å²) in [6.07, 6.45) is 1.98. The van der Waals surface area contributed by atoms with E-state index in [1.165, 1.54) is 6.21 Å². The van der Waals surface area contributed by atoms with Crippen molar-refractivity contribution in [2.75, 3.05) is 0 Å². The smallest absolute Gasteiger partial charge is 0.258 e. The Balaban J connectivity index is 0.00000338. The quantitative estimate of drug-likeness (QED) is 0.232. The van der Waals surface area contributed by atoms with E-state index in [1.54, 1.807) is 29.0 Å². The van der Waals surface area contributed by atoms with Crippen LogP contribution in [0.15, 0.2) is 54.0 Å². The number of amides is 1. The molecule has 0 atom stereocenters. The predicted molar refractivity (Wildman–Crippen MR) is 72.3 cm³/mol. The minimum absolute atomic E-state index is 0. The second kappa shape index (κ2) is 10.5. The van der Waals surface area contributed by atoms with Crippen LogP contribution in [0.3, 0.4) is 0 Å². The molecule has 2 aromatic heterocycles. The number of nitrogens with two attached hydrogens (primary N) is 1. The van der Waals surface area contributed by atoms with E-state index in [4.69, 9.17) is 21.2 Å². The lowest BCUT2D eigenvalue weighted by Crippen LogP contribution is -3.00. The average Bonchev–Trinajstić information content (AvgIpc) is 2.57. The minimum Gasteiger partial charge on any atom is -1.00 e. The van der Waals surface area contributed by atoms with Crippen LogP contribution in [-0.4, -0.2) is 17.3 Å². The Morgan fingerprint density at radius 1 is 1.35 bits per heavy atom. The number of carbonyl (C=O) groups is 1. The Labute approximate surface area is 151 Å². The van der Waals surface area contributed by atoms with Gasteiger partial charge in [0, 0.05) is 24.2 Å². The van der Waals surface area contributed by atoms with E-state index < -0.39 is 35.9 Å². The first-order chi connectivity index (χ1) is 11.9. The van der Waals surface area contributed by atoms with Crippen molar-refractivity contribution in [3.8, 4) is 0 Å². The fraction of sp³-hybridized carbons (Fsp3) is 0.143. The molecule has 0 bridgehead atoms. The van der Waals surface area contributed by atoms with E-state index >= 15 is 0 Å². The molecule has 7 nitrogen and oxygen atoms in total. The van der Waals surface area contributed by atoms with Gasteiger partial charge in [-0.3, -0.25) is 9.53 Å². The minimum atomic E-state index is -1.03. The molecule has 0 aromatic carbocycles. The molecule has 23 heavy (non-hydrogen) atoms. The highest BCUT2D eigenvalue weighted by Gasteiger charge is 2.09. The van der Waals surface area contributed by atoms with Crippen LogP contribution >= 0.6 is 0 Å². The molecule has 0 saturated heterocycles. The lowest BCUT2D eigenvalue weighted by atomic mass is 10.2. The second-order valence-corrected chi connectivity index (χ2v) is 3.94. The maximum absolute atomic E-state index is 11.3. The monoisotopic (exact) mass is 362 g/mol. The van der Waals surface area contributed by atoms with Crippen molar-refractivity contribution >= 4 is 12.1 Å². The number of pyridine rings is 2. The SMILES string of the molecule is [2H]c1c(C(N)=O)c([2H])c([2H])[n+](COC[n+]2ccccc2/C=N/O)c1[2H].[Cl-].[Cl-]. The average molecular weight is 363 g/mol. The predicted octanol–water partition coefficient (Wildman–Crippen LogP) is -6.19.